The molecule has 0 radical (unpaired) electrons. The number of hydrogen-bond donors (Lipinski definition) is 0. The van der Waals surface area contributed by atoms with Crippen LogP contribution in [0.4, 0.5) is 0 Å². The topological polar surface area (TPSA) is 94.1 Å². The number of ether oxygens (including phenoxy) is 4. The second-order valence-electron chi connectivity index (χ2n) is 5.77. The second kappa shape index (κ2) is 9.48. The molecule has 0 fully saturated rings. The van der Waals surface area contributed by atoms with Gasteiger partial charge >= 0.3 is 11.9 Å². The molecule has 0 heterocycles. The SMILES string of the molecule is COc1cc2ccc(OC(=O)CCC[S+](C)[O-])cc2c(OC(C)=O)c1OC. The molecule has 27 heavy (non-hydrogen) atoms. The van der Waals surface area contributed by atoms with Crippen molar-refractivity contribution in [1.82, 2.24) is 0 Å². The summed E-state index contributed by atoms with van der Waals surface area (Å²) >= 11 is -0.945. The van der Waals surface area contributed by atoms with Gasteiger partial charge in [0.2, 0.25) is 5.75 Å². The monoisotopic (exact) mass is 394 g/mol. The van der Waals surface area contributed by atoms with E-state index in [0.29, 0.717) is 29.1 Å². The minimum atomic E-state index is -0.945. The van der Waals surface area contributed by atoms with Gasteiger partial charge in [0.05, 0.1) is 26.9 Å². The van der Waals surface area contributed by atoms with Crippen molar-refractivity contribution in [3.8, 4) is 23.0 Å². The van der Waals surface area contributed by atoms with Crippen LogP contribution >= 0.6 is 0 Å². The zero-order valence-corrected chi connectivity index (χ0v) is 16.5. The smallest absolute Gasteiger partial charge is 0.311 e. The van der Waals surface area contributed by atoms with Crippen LogP contribution in [0.3, 0.4) is 0 Å². The molecule has 2 rings (SSSR count). The van der Waals surface area contributed by atoms with E-state index in [1.807, 2.05) is 0 Å². The number of methoxy groups -OCH3 is 2. The predicted molar refractivity (Wildman–Crippen MR) is 102 cm³/mol. The molecule has 0 aliphatic heterocycles. The van der Waals surface area contributed by atoms with Gasteiger partial charge in [-0.3, -0.25) is 9.59 Å². The number of hydrogen-bond acceptors (Lipinski definition) is 7. The molecule has 0 aromatic heterocycles. The summed E-state index contributed by atoms with van der Waals surface area (Å²) in [5.41, 5.74) is 0. The Morgan fingerprint density at radius 1 is 1.07 bits per heavy atom. The molecule has 0 saturated carbocycles. The third kappa shape index (κ3) is 5.51. The summed E-state index contributed by atoms with van der Waals surface area (Å²) in [7, 11) is 2.93. The van der Waals surface area contributed by atoms with Crippen molar-refractivity contribution >= 4 is 33.9 Å². The van der Waals surface area contributed by atoms with Gasteiger partial charge in [-0.05, 0) is 23.6 Å². The number of esters is 2. The lowest BCUT2D eigenvalue weighted by Gasteiger charge is -2.15. The molecule has 146 valence electrons. The molecule has 0 bridgehead atoms. The van der Waals surface area contributed by atoms with Crippen molar-refractivity contribution in [3.05, 3.63) is 24.3 Å². The van der Waals surface area contributed by atoms with Crippen LogP contribution < -0.4 is 18.9 Å². The second-order valence-corrected chi connectivity index (χ2v) is 7.33. The van der Waals surface area contributed by atoms with Crippen molar-refractivity contribution in [1.29, 1.82) is 0 Å². The van der Waals surface area contributed by atoms with Gasteiger partial charge in [-0.25, -0.2) is 0 Å². The highest BCUT2D eigenvalue weighted by Gasteiger charge is 2.19. The zero-order valence-electron chi connectivity index (χ0n) is 15.7. The Labute approximate surface area is 160 Å². The average Bonchev–Trinajstić information content (AvgIpc) is 2.60. The van der Waals surface area contributed by atoms with Crippen LogP contribution in [-0.2, 0) is 20.8 Å². The Balaban J connectivity index is 2.36. The van der Waals surface area contributed by atoms with Gasteiger partial charge in [0.1, 0.15) is 11.5 Å². The molecule has 0 aliphatic rings. The third-order valence-electron chi connectivity index (χ3n) is 3.70. The maximum Gasteiger partial charge on any atom is 0.311 e. The fourth-order valence-corrected chi connectivity index (χ4v) is 3.11. The Hall–Kier alpha value is -2.45. The highest BCUT2D eigenvalue weighted by Crippen LogP contribution is 2.44. The lowest BCUT2D eigenvalue weighted by molar-refractivity contribution is -0.134. The van der Waals surface area contributed by atoms with Crippen LogP contribution in [0.25, 0.3) is 10.8 Å². The Morgan fingerprint density at radius 3 is 2.41 bits per heavy atom. The Kier molecular flexibility index (Phi) is 7.32. The molecule has 0 aliphatic carbocycles. The van der Waals surface area contributed by atoms with Crippen LogP contribution in [-0.4, -0.2) is 42.7 Å². The molecule has 0 spiro atoms. The highest BCUT2D eigenvalue weighted by atomic mass is 32.2. The molecular formula is C19H22O7S. The van der Waals surface area contributed by atoms with Gasteiger partial charge in [0, 0.05) is 18.7 Å². The van der Waals surface area contributed by atoms with Gasteiger partial charge in [0.15, 0.2) is 11.5 Å². The zero-order chi connectivity index (χ0) is 20.0. The summed E-state index contributed by atoms with van der Waals surface area (Å²) in [6.07, 6.45) is 2.24. The summed E-state index contributed by atoms with van der Waals surface area (Å²) < 4.78 is 32.4. The number of fused-ring (bicyclic) bond motifs is 1. The number of benzene rings is 2. The summed E-state index contributed by atoms with van der Waals surface area (Å²) in [6.45, 7) is 1.28. The van der Waals surface area contributed by atoms with E-state index in [9.17, 15) is 14.1 Å². The van der Waals surface area contributed by atoms with Crippen molar-refractivity contribution in [2.75, 3.05) is 26.2 Å². The molecule has 0 amide bonds. The van der Waals surface area contributed by atoms with E-state index >= 15 is 0 Å². The molecule has 1 atom stereocenters. The van der Waals surface area contributed by atoms with Crippen molar-refractivity contribution in [2.24, 2.45) is 0 Å². The van der Waals surface area contributed by atoms with Crippen LogP contribution in [0.5, 0.6) is 23.0 Å². The van der Waals surface area contributed by atoms with Crippen LogP contribution in [0.1, 0.15) is 19.8 Å². The average molecular weight is 394 g/mol. The van der Waals surface area contributed by atoms with E-state index < -0.39 is 23.1 Å². The van der Waals surface area contributed by atoms with E-state index in [1.165, 1.54) is 21.1 Å². The molecular weight excluding hydrogens is 372 g/mol. The van der Waals surface area contributed by atoms with E-state index in [0.717, 1.165) is 5.39 Å². The summed E-state index contributed by atoms with van der Waals surface area (Å²) in [5.74, 6) is 0.699. The molecule has 2 aromatic carbocycles. The largest absolute Gasteiger partial charge is 0.617 e. The minimum absolute atomic E-state index is 0.167. The Bertz CT molecular complexity index is 832. The maximum atomic E-state index is 12.0. The van der Waals surface area contributed by atoms with Gasteiger partial charge in [-0.1, -0.05) is 17.2 Å². The third-order valence-corrected chi connectivity index (χ3v) is 4.56. The number of rotatable bonds is 8. The lowest BCUT2D eigenvalue weighted by atomic mass is 10.1. The van der Waals surface area contributed by atoms with Gasteiger partial charge < -0.3 is 23.5 Å². The molecule has 8 heteroatoms. The minimum Gasteiger partial charge on any atom is -0.617 e. The molecule has 2 aromatic rings. The lowest BCUT2D eigenvalue weighted by Crippen LogP contribution is -2.11. The predicted octanol–water partition coefficient (Wildman–Crippen LogP) is 2.85. The Morgan fingerprint density at radius 2 is 1.81 bits per heavy atom. The molecule has 1 unspecified atom stereocenters. The molecule has 7 nitrogen and oxygen atoms in total. The first kappa shape index (κ1) is 20.9. The van der Waals surface area contributed by atoms with Crippen LogP contribution in [0.2, 0.25) is 0 Å². The standard InChI is InChI=1S/C19H22O7S/c1-12(20)25-18-15-11-14(26-17(21)6-5-9-27(4)22)8-7-13(15)10-16(23-2)19(18)24-3/h7-8,10-11H,5-6,9H2,1-4H3. The normalized spacial score (nSPS) is 11.7. The van der Waals surface area contributed by atoms with Gasteiger partial charge in [-0.2, -0.15) is 0 Å². The van der Waals surface area contributed by atoms with Crippen molar-refractivity contribution in [3.63, 3.8) is 0 Å². The van der Waals surface area contributed by atoms with Crippen molar-refractivity contribution in [2.45, 2.75) is 19.8 Å². The quantitative estimate of drug-likeness (QED) is 0.386. The van der Waals surface area contributed by atoms with Crippen LogP contribution in [0.15, 0.2) is 24.3 Å². The first-order chi connectivity index (χ1) is 12.8. The van der Waals surface area contributed by atoms with Gasteiger partial charge in [-0.15, -0.1) is 0 Å². The van der Waals surface area contributed by atoms with Crippen molar-refractivity contribution < 1.29 is 33.1 Å². The number of carbonyl (C=O) groups excluding carboxylic acids is 2. The van der Waals surface area contributed by atoms with E-state index in [4.69, 9.17) is 18.9 Å². The first-order valence-electron chi connectivity index (χ1n) is 8.23. The van der Waals surface area contributed by atoms with E-state index in [2.05, 4.69) is 0 Å². The molecule has 0 N–H and O–H groups in total. The summed E-state index contributed by atoms with van der Waals surface area (Å²) in [4.78, 5) is 23.5. The fraction of sp³-hybridized carbons (Fsp3) is 0.368. The first-order valence-corrected chi connectivity index (χ1v) is 9.96. The van der Waals surface area contributed by atoms with Crippen LogP contribution in [0, 0.1) is 0 Å². The summed E-state index contributed by atoms with van der Waals surface area (Å²) in [6, 6.07) is 6.71. The van der Waals surface area contributed by atoms with E-state index in [-0.39, 0.29) is 17.9 Å². The number of carbonyl (C=O) groups is 2. The fourth-order valence-electron chi connectivity index (χ4n) is 2.55. The summed E-state index contributed by atoms with van der Waals surface area (Å²) in [5, 5.41) is 1.27. The van der Waals surface area contributed by atoms with Gasteiger partial charge in [0.25, 0.3) is 0 Å². The highest BCUT2D eigenvalue weighted by molar-refractivity contribution is 7.90. The van der Waals surface area contributed by atoms with E-state index in [1.54, 1.807) is 30.5 Å². The molecule has 0 saturated heterocycles. The maximum absolute atomic E-state index is 12.0.